The van der Waals surface area contributed by atoms with Gasteiger partial charge in [0.15, 0.2) is 0 Å². The maximum atomic E-state index is 11.9. The predicted octanol–water partition coefficient (Wildman–Crippen LogP) is 4.84. The molecule has 0 aliphatic heterocycles. The van der Waals surface area contributed by atoms with Gasteiger partial charge in [-0.3, -0.25) is 0 Å². The van der Waals surface area contributed by atoms with E-state index in [-0.39, 0.29) is 5.63 Å². The number of benzene rings is 1. The number of hydrogen-bond donors (Lipinski definition) is 1. The van der Waals surface area contributed by atoms with Crippen molar-refractivity contribution in [3.63, 3.8) is 0 Å². The number of rotatable bonds is 8. The highest BCUT2D eigenvalue weighted by Gasteiger charge is 2.11. The Hall–Kier alpha value is -1.98. The minimum atomic E-state index is -0.293. The van der Waals surface area contributed by atoms with E-state index in [1.165, 1.54) is 5.56 Å². The van der Waals surface area contributed by atoms with Crippen LogP contribution in [0.2, 0.25) is 0 Å². The Morgan fingerprint density at radius 2 is 2.08 bits per heavy atom. The lowest BCUT2D eigenvalue weighted by molar-refractivity contribution is 0.530. The van der Waals surface area contributed by atoms with Crippen molar-refractivity contribution < 1.29 is 8.83 Å². The van der Waals surface area contributed by atoms with Gasteiger partial charge in [-0.25, -0.2) is 4.79 Å². The second-order valence-corrected chi connectivity index (χ2v) is 7.86. The fourth-order valence-electron chi connectivity index (χ4n) is 3.09. The number of hydrogen-bond acceptors (Lipinski definition) is 5. The molecule has 0 aliphatic carbocycles. The van der Waals surface area contributed by atoms with Crippen LogP contribution in [0.1, 0.15) is 42.2 Å². The molecule has 1 aromatic carbocycles. The van der Waals surface area contributed by atoms with Crippen LogP contribution >= 0.6 is 11.8 Å². The van der Waals surface area contributed by atoms with Crippen molar-refractivity contribution in [3.8, 4) is 0 Å². The zero-order valence-corrected chi connectivity index (χ0v) is 16.3. The highest BCUT2D eigenvalue weighted by Crippen LogP contribution is 2.26. The summed E-state index contributed by atoms with van der Waals surface area (Å²) >= 11 is 1.82. The highest BCUT2D eigenvalue weighted by atomic mass is 32.2. The molecule has 0 spiro atoms. The molecule has 138 valence electrons. The van der Waals surface area contributed by atoms with Gasteiger partial charge in [0.05, 0.1) is 12.0 Å². The quantitative estimate of drug-likeness (QED) is 0.453. The molecule has 2 heterocycles. The lowest BCUT2D eigenvalue weighted by Gasteiger charge is -2.13. The fraction of sp³-hybridized carbons (Fsp3) is 0.381. The van der Waals surface area contributed by atoms with Gasteiger partial charge in [-0.1, -0.05) is 13.8 Å². The van der Waals surface area contributed by atoms with Crippen molar-refractivity contribution in [1.29, 1.82) is 0 Å². The molecule has 0 atom stereocenters. The second kappa shape index (κ2) is 8.60. The lowest BCUT2D eigenvalue weighted by atomic mass is 9.95. The first-order valence-corrected chi connectivity index (χ1v) is 10.1. The molecule has 0 amide bonds. The van der Waals surface area contributed by atoms with Crippen molar-refractivity contribution in [1.82, 2.24) is 5.32 Å². The minimum absolute atomic E-state index is 0.293. The summed E-state index contributed by atoms with van der Waals surface area (Å²) in [6.07, 6.45) is 1.70. The smallest absolute Gasteiger partial charge is 0.336 e. The Bertz CT molecular complexity index is 913. The third-order valence-corrected chi connectivity index (χ3v) is 5.38. The molecule has 5 heteroatoms. The van der Waals surface area contributed by atoms with Crippen LogP contribution in [0.4, 0.5) is 0 Å². The molecule has 0 aliphatic rings. The molecule has 0 bridgehead atoms. The molecule has 3 aromatic rings. The van der Waals surface area contributed by atoms with E-state index in [4.69, 9.17) is 8.83 Å². The summed E-state index contributed by atoms with van der Waals surface area (Å²) in [5.74, 6) is 3.29. The molecule has 0 radical (unpaired) electrons. The molecule has 0 unspecified atom stereocenters. The van der Waals surface area contributed by atoms with Crippen LogP contribution in [-0.4, -0.2) is 12.3 Å². The van der Waals surface area contributed by atoms with Crippen molar-refractivity contribution in [3.05, 3.63) is 69.5 Å². The van der Waals surface area contributed by atoms with E-state index in [9.17, 15) is 4.79 Å². The average Bonchev–Trinajstić information content (AvgIpc) is 3.10. The molecule has 1 N–H and O–H groups in total. The van der Waals surface area contributed by atoms with Crippen molar-refractivity contribution in [2.24, 2.45) is 0 Å². The largest absolute Gasteiger partial charge is 0.468 e. The van der Waals surface area contributed by atoms with E-state index < -0.39 is 0 Å². The number of thioether (sulfide) groups is 1. The lowest BCUT2D eigenvalue weighted by Crippen LogP contribution is -2.18. The Morgan fingerprint density at radius 3 is 2.81 bits per heavy atom. The Kier molecular flexibility index (Phi) is 6.22. The summed E-state index contributed by atoms with van der Waals surface area (Å²) in [6, 6.07) is 9.65. The third kappa shape index (κ3) is 4.59. The van der Waals surface area contributed by atoms with Crippen LogP contribution in [0, 0.1) is 6.92 Å². The Labute approximate surface area is 158 Å². The Balaban J connectivity index is 1.64. The first kappa shape index (κ1) is 18.8. The molecule has 0 saturated heterocycles. The van der Waals surface area contributed by atoms with Gasteiger partial charge in [0.2, 0.25) is 0 Å². The minimum Gasteiger partial charge on any atom is -0.468 e. The van der Waals surface area contributed by atoms with Gasteiger partial charge in [0.1, 0.15) is 11.3 Å². The summed E-state index contributed by atoms with van der Waals surface area (Å²) in [7, 11) is 0. The van der Waals surface area contributed by atoms with Crippen LogP contribution in [-0.2, 0) is 12.3 Å². The van der Waals surface area contributed by atoms with Crippen LogP contribution < -0.4 is 10.9 Å². The van der Waals surface area contributed by atoms with Crippen molar-refractivity contribution >= 4 is 22.7 Å². The van der Waals surface area contributed by atoms with Crippen molar-refractivity contribution in [2.75, 3.05) is 12.3 Å². The van der Waals surface area contributed by atoms with E-state index in [0.717, 1.165) is 40.3 Å². The van der Waals surface area contributed by atoms with Gasteiger partial charge in [-0.15, -0.1) is 0 Å². The molecular weight excluding hydrogens is 346 g/mol. The van der Waals surface area contributed by atoms with E-state index in [1.807, 2.05) is 30.0 Å². The van der Waals surface area contributed by atoms with E-state index in [0.29, 0.717) is 18.0 Å². The summed E-state index contributed by atoms with van der Waals surface area (Å²) in [5.41, 5.74) is 3.83. The van der Waals surface area contributed by atoms with Crippen LogP contribution in [0.25, 0.3) is 11.0 Å². The van der Waals surface area contributed by atoms with Crippen LogP contribution in [0.3, 0.4) is 0 Å². The third-order valence-electron chi connectivity index (χ3n) is 4.40. The van der Waals surface area contributed by atoms with Crippen molar-refractivity contribution in [2.45, 2.75) is 39.0 Å². The zero-order chi connectivity index (χ0) is 18.5. The van der Waals surface area contributed by atoms with Gasteiger partial charge < -0.3 is 14.2 Å². The fourth-order valence-corrected chi connectivity index (χ4v) is 3.89. The van der Waals surface area contributed by atoms with Gasteiger partial charge >= 0.3 is 5.63 Å². The molecule has 0 fully saturated rings. The molecule has 26 heavy (non-hydrogen) atoms. The van der Waals surface area contributed by atoms with E-state index in [1.54, 1.807) is 12.3 Å². The Morgan fingerprint density at radius 1 is 1.23 bits per heavy atom. The first-order chi connectivity index (χ1) is 12.5. The standard InChI is InChI=1S/C21H25NO3S/c1-14(2)18-11-19-16(10-21(23)25-20(19)9-15(18)3)12-22-6-8-26-13-17-5-4-7-24-17/h4-5,7,9-11,14,22H,6,8,12-13H2,1-3H3. The monoisotopic (exact) mass is 371 g/mol. The average molecular weight is 372 g/mol. The van der Waals surface area contributed by atoms with Gasteiger partial charge in [0, 0.05) is 30.3 Å². The first-order valence-electron chi connectivity index (χ1n) is 8.92. The van der Waals surface area contributed by atoms with Gasteiger partial charge in [-0.2, -0.15) is 11.8 Å². The summed E-state index contributed by atoms with van der Waals surface area (Å²) in [6.45, 7) is 7.96. The highest BCUT2D eigenvalue weighted by molar-refractivity contribution is 7.98. The number of aryl methyl sites for hydroxylation is 1. The van der Waals surface area contributed by atoms with E-state index in [2.05, 4.69) is 32.2 Å². The normalized spacial score (nSPS) is 11.5. The van der Waals surface area contributed by atoms with Crippen LogP contribution in [0.5, 0.6) is 0 Å². The zero-order valence-electron chi connectivity index (χ0n) is 15.5. The SMILES string of the molecule is Cc1cc2oc(=O)cc(CNCCSCc3ccco3)c2cc1C(C)C. The summed E-state index contributed by atoms with van der Waals surface area (Å²) in [5, 5.41) is 4.46. The predicted molar refractivity (Wildman–Crippen MR) is 108 cm³/mol. The topological polar surface area (TPSA) is 55.4 Å². The molecule has 4 nitrogen and oxygen atoms in total. The molecule has 3 rings (SSSR count). The summed E-state index contributed by atoms with van der Waals surface area (Å²) < 4.78 is 10.7. The number of furan rings is 1. The van der Waals surface area contributed by atoms with Gasteiger partial charge in [-0.05, 0) is 53.8 Å². The molecule has 0 saturated carbocycles. The van der Waals surface area contributed by atoms with Gasteiger partial charge in [0.25, 0.3) is 0 Å². The maximum absolute atomic E-state index is 11.9. The van der Waals surface area contributed by atoms with Crippen LogP contribution in [0.15, 0.2) is 50.2 Å². The molecule has 2 aromatic heterocycles. The molecular formula is C21H25NO3S. The van der Waals surface area contributed by atoms with E-state index >= 15 is 0 Å². The maximum Gasteiger partial charge on any atom is 0.336 e. The summed E-state index contributed by atoms with van der Waals surface area (Å²) in [4.78, 5) is 11.9. The number of fused-ring (bicyclic) bond motifs is 1. The number of nitrogens with one attached hydrogen (secondary N) is 1. The second-order valence-electron chi connectivity index (χ2n) is 6.76.